The fourth-order valence-electron chi connectivity index (χ4n) is 2.53. The van der Waals surface area contributed by atoms with Crippen LogP contribution >= 0.6 is 0 Å². The van der Waals surface area contributed by atoms with Crippen molar-refractivity contribution in [2.75, 3.05) is 11.9 Å². The van der Waals surface area contributed by atoms with E-state index in [9.17, 15) is 4.79 Å². The van der Waals surface area contributed by atoms with Crippen LogP contribution in [0.25, 0.3) is 0 Å². The van der Waals surface area contributed by atoms with Gasteiger partial charge in [0.1, 0.15) is 5.75 Å². The van der Waals surface area contributed by atoms with Crippen molar-refractivity contribution in [3.8, 4) is 5.75 Å². The Morgan fingerprint density at radius 1 is 1.38 bits per heavy atom. The smallest absolute Gasteiger partial charge is 0.312 e. The van der Waals surface area contributed by atoms with E-state index in [0.29, 0.717) is 13.0 Å². The summed E-state index contributed by atoms with van der Waals surface area (Å²) < 4.78 is 11.6. The summed E-state index contributed by atoms with van der Waals surface area (Å²) in [6.45, 7) is 13.2. The Kier molecular flexibility index (Phi) is 5.30. The zero-order valence-electron chi connectivity index (χ0n) is 15.6. The summed E-state index contributed by atoms with van der Waals surface area (Å²) in [5.74, 6) is 0.205. The SMILES string of the molecule is CCOC(=O)C1Cc2cccc(O[Si](C)(C)C(C)(C)C)c2NC1N. The van der Waals surface area contributed by atoms with Crippen molar-refractivity contribution >= 4 is 20.0 Å². The van der Waals surface area contributed by atoms with Gasteiger partial charge < -0.3 is 20.2 Å². The lowest BCUT2D eigenvalue weighted by atomic mass is 9.91. The Labute approximate surface area is 146 Å². The monoisotopic (exact) mass is 350 g/mol. The summed E-state index contributed by atoms with van der Waals surface area (Å²) in [7, 11) is -1.95. The average molecular weight is 351 g/mol. The van der Waals surface area contributed by atoms with Crippen molar-refractivity contribution in [3.63, 3.8) is 0 Å². The first kappa shape index (κ1) is 18.8. The van der Waals surface area contributed by atoms with E-state index in [1.54, 1.807) is 6.92 Å². The number of esters is 1. The molecular formula is C18H30N2O3Si. The highest BCUT2D eigenvalue weighted by atomic mass is 28.4. The van der Waals surface area contributed by atoms with E-state index < -0.39 is 14.5 Å². The van der Waals surface area contributed by atoms with Crippen LogP contribution in [0.15, 0.2) is 18.2 Å². The van der Waals surface area contributed by atoms with E-state index in [0.717, 1.165) is 17.0 Å². The number of hydrogen-bond acceptors (Lipinski definition) is 5. The normalized spacial score (nSPS) is 20.8. The third kappa shape index (κ3) is 3.75. The Morgan fingerprint density at radius 2 is 2.04 bits per heavy atom. The minimum atomic E-state index is -1.95. The molecule has 1 aliphatic heterocycles. The van der Waals surface area contributed by atoms with Crippen LogP contribution in [-0.2, 0) is 16.0 Å². The van der Waals surface area contributed by atoms with Crippen LogP contribution in [0.2, 0.25) is 18.1 Å². The lowest BCUT2D eigenvalue weighted by Gasteiger charge is -2.38. The number of nitrogens with one attached hydrogen (secondary N) is 1. The van der Waals surface area contributed by atoms with Gasteiger partial charge in [0.15, 0.2) is 0 Å². The molecule has 1 heterocycles. The Morgan fingerprint density at radius 3 is 2.62 bits per heavy atom. The molecule has 3 N–H and O–H groups in total. The Balaban J connectivity index is 2.29. The van der Waals surface area contributed by atoms with Crippen molar-refractivity contribution in [2.45, 2.75) is 58.4 Å². The van der Waals surface area contributed by atoms with Gasteiger partial charge in [0.05, 0.1) is 24.4 Å². The van der Waals surface area contributed by atoms with Gasteiger partial charge >= 0.3 is 5.97 Å². The summed E-state index contributed by atoms with van der Waals surface area (Å²) in [6, 6.07) is 5.96. The van der Waals surface area contributed by atoms with E-state index in [1.165, 1.54) is 0 Å². The van der Waals surface area contributed by atoms with Crippen LogP contribution in [0.4, 0.5) is 5.69 Å². The van der Waals surface area contributed by atoms with Gasteiger partial charge in [-0.25, -0.2) is 0 Å². The maximum Gasteiger partial charge on any atom is 0.312 e. The molecule has 6 heteroatoms. The molecule has 0 fully saturated rings. The second-order valence-electron chi connectivity index (χ2n) is 7.89. The lowest BCUT2D eigenvalue weighted by Crippen LogP contribution is -2.47. The first-order valence-electron chi connectivity index (χ1n) is 8.56. The molecule has 1 aromatic rings. The zero-order valence-corrected chi connectivity index (χ0v) is 16.6. The molecule has 0 saturated heterocycles. The first-order valence-corrected chi connectivity index (χ1v) is 11.5. The minimum Gasteiger partial charge on any atom is -0.542 e. The molecule has 2 rings (SSSR count). The third-order valence-electron chi connectivity index (χ3n) is 5.06. The number of nitrogens with two attached hydrogens (primary N) is 1. The molecule has 0 bridgehead atoms. The van der Waals surface area contributed by atoms with Gasteiger partial charge in [0, 0.05) is 0 Å². The molecule has 0 aromatic heterocycles. The lowest BCUT2D eigenvalue weighted by molar-refractivity contribution is -0.148. The van der Waals surface area contributed by atoms with E-state index in [4.69, 9.17) is 14.9 Å². The number of hydrogen-bond donors (Lipinski definition) is 2. The van der Waals surface area contributed by atoms with Crippen molar-refractivity contribution in [1.29, 1.82) is 0 Å². The number of ether oxygens (including phenoxy) is 1. The van der Waals surface area contributed by atoms with E-state index in [2.05, 4.69) is 39.2 Å². The van der Waals surface area contributed by atoms with E-state index >= 15 is 0 Å². The number of benzene rings is 1. The molecule has 1 aromatic carbocycles. The summed E-state index contributed by atoms with van der Waals surface area (Å²) in [6.07, 6.45) is 0.0949. The molecule has 0 aliphatic carbocycles. The molecule has 0 amide bonds. The van der Waals surface area contributed by atoms with Crippen molar-refractivity contribution < 1.29 is 14.0 Å². The van der Waals surface area contributed by atoms with Gasteiger partial charge in [-0.1, -0.05) is 32.9 Å². The highest BCUT2D eigenvalue weighted by Crippen LogP contribution is 2.42. The molecule has 0 saturated carbocycles. The Hall–Kier alpha value is -1.53. The van der Waals surface area contributed by atoms with Crippen molar-refractivity contribution in [2.24, 2.45) is 11.7 Å². The molecule has 134 valence electrons. The summed E-state index contributed by atoms with van der Waals surface area (Å²) in [5.41, 5.74) is 8.15. The summed E-state index contributed by atoms with van der Waals surface area (Å²) >= 11 is 0. The largest absolute Gasteiger partial charge is 0.542 e. The van der Waals surface area contributed by atoms with Crippen LogP contribution in [0.3, 0.4) is 0 Å². The van der Waals surface area contributed by atoms with Crippen LogP contribution in [0, 0.1) is 5.92 Å². The van der Waals surface area contributed by atoms with Gasteiger partial charge in [-0.3, -0.25) is 4.79 Å². The molecule has 2 atom stereocenters. The molecule has 0 spiro atoms. The molecule has 5 nitrogen and oxygen atoms in total. The standard InChI is InChI=1S/C18H30N2O3Si/c1-7-22-17(21)13-11-12-9-8-10-14(15(12)20-16(13)19)23-24(5,6)18(2,3)4/h8-10,13,16,20H,7,11,19H2,1-6H3. The number of carbonyl (C=O) groups is 1. The molecule has 1 aliphatic rings. The van der Waals surface area contributed by atoms with Gasteiger partial charge in [-0.05, 0) is 43.1 Å². The van der Waals surface area contributed by atoms with Crippen LogP contribution < -0.4 is 15.5 Å². The number of anilines is 1. The zero-order chi connectivity index (χ0) is 18.1. The van der Waals surface area contributed by atoms with E-state index in [1.807, 2.05) is 18.2 Å². The number of para-hydroxylation sites is 1. The topological polar surface area (TPSA) is 73.6 Å². The number of fused-ring (bicyclic) bond motifs is 1. The van der Waals surface area contributed by atoms with Gasteiger partial charge in [-0.15, -0.1) is 0 Å². The Bertz CT molecular complexity index is 611. The molecule has 24 heavy (non-hydrogen) atoms. The second-order valence-corrected chi connectivity index (χ2v) is 12.6. The third-order valence-corrected chi connectivity index (χ3v) is 9.40. The average Bonchev–Trinajstić information content (AvgIpc) is 2.46. The van der Waals surface area contributed by atoms with E-state index in [-0.39, 0.29) is 16.9 Å². The first-order chi connectivity index (χ1) is 11.1. The van der Waals surface area contributed by atoms with Crippen LogP contribution in [0.5, 0.6) is 5.75 Å². The minimum absolute atomic E-state index is 0.111. The second kappa shape index (κ2) is 6.76. The van der Waals surface area contributed by atoms with Crippen LogP contribution in [0.1, 0.15) is 33.3 Å². The summed E-state index contributed by atoms with van der Waals surface area (Å²) in [5, 5.41) is 3.38. The molecule has 2 unspecified atom stereocenters. The molecular weight excluding hydrogens is 320 g/mol. The van der Waals surface area contributed by atoms with Crippen LogP contribution in [-0.4, -0.2) is 27.1 Å². The fourth-order valence-corrected chi connectivity index (χ4v) is 3.56. The van der Waals surface area contributed by atoms with Gasteiger partial charge in [0.25, 0.3) is 8.32 Å². The number of carbonyl (C=O) groups excluding carboxylic acids is 1. The van der Waals surface area contributed by atoms with Gasteiger partial charge in [-0.2, -0.15) is 0 Å². The van der Waals surface area contributed by atoms with Gasteiger partial charge in [0.2, 0.25) is 0 Å². The predicted octanol–water partition coefficient (Wildman–Crippen LogP) is 3.50. The quantitative estimate of drug-likeness (QED) is 0.642. The maximum absolute atomic E-state index is 12.1. The van der Waals surface area contributed by atoms with Crippen molar-refractivity contribution in [1.82, 2.24) is 0 Å². The highest BCUT2D eigenvalue weighted by Gasteiger charge is 2.40. The predicted molar refractivity (Wildman–Crippen MR) is 99.7 cm³/mol. The summed E-state index contributed by atoms with van der Waals surface area (Å²) in [4.78, 5) is 12.1. The molecule has 0 radical (unpaired) electrons. The van der Waals surface area contributed by atoms with Crippen molar-refractivity contribution in [3.05, 3.63) is 23.8 Å². The maximum atomic E-state index is 12.1. The number of rotatable bonds is 4. The fraction of sp³-hybridized carbons (Fsp3) is 0.611. The highest BCUT2D eigenvalue weighted by molar-refractivity contribution is 6.74.